The quantitative estimate of drug-likeness (QED) is 0.821. The molecule has 0 bridgehead atoms. The summed E-state index contributed by atoms with van der Waals surface area (Å²) in [6.07, 6.45) is 2.25. The van der Waals surface area contributed by atoms with Crippen molar-refractivity contribution in [2.45, 2.75) is 18.9 Å². The van der Waals surface area contributed by atoms with E-state index in [1.165, 1.54) is 0 Å². The van der Waals surface area contributed by atoms with Crippen LogP contribution in [-0.2, 0) is 0 Å². The van der Waals surface area contributed by atoms with Crippen LogP contribution in [0.1, 0.15) is 18.4 Å². The van der Waals surface area contributed by atoms with Crippen LogP contribution in [0.5, 0.6) is 5.75 Å². The van der Waals surface area contributed by atoms with Crippen LogP contribution < -0.4 is 15.0 Å². The minimum absolute atomic E-state index is 0.416. The highest BCUT2D eigenvalue weighted by atomic mass is 16.5. The van der Waals surface area contributed by atoms with Crippen LogP contribution in [0.15, 0.2) is 18.2 Å². The number of rotatable bonds is 4. The number of likely N-dealkylation sites (N-methyl/N-ethyl adjacent to an activating group) is 1. The van der Waals surface area contributed by atoms with Crippen molar-refractivity contribution in [3.05, 3.63) is 23.8 Å². The second-order valence-electron chi connectivity index (χ2n) is 4.62. The van der Waals surface area contributed by atoms with Crippen molar-refractivity contribution >= 4 is 5.69 Å². The van der Waals surface area contributed by atoms with Gasteiger partial charge in [0.05, 0.1) is 23.4 Å². The lowest BCUT2D eigenvalue weighted by Gasteiger charge is -2.36. The lowest BCUT2D eigenvalue weighted by atomic mass is 10.1. The molecule has 1 unspecified atom stereocenters. The fourth-order valence-electron chi connectivity index (χ4n) is 2.28. The molecular weight excluding hydrogens is 226 g/mol. The predicted octanol–water partition coefficient (Wildman–Crippen LogP) is 1.76. The molecule has 1 heterocycles. The van der Waals surface area contributed by atoms with Crippen LogP contribution in [0.2, 0.25) is 0 Å². The van der Waals surface area contributed by atoms with E-state index in [-0.39, 0.29) is 0 Å². The van der Waals surface area contributed by atoms with Crippen molar-refractivity contribution in [3.8, 4) is 11.8 Å². The molecular formula is C14H19N3O. The number of hydrogen-bond donors (Lipinski definition) is 1. The number of hydrogen-bond acceptors (Lipinski definition) is 4. The summed E-state index contributed by atoms with van der Waals surface area (Å²) < 4.78 is 5.77. The second-order valence-corrected chi connectivity index (χ2v) is 4.62. The van der Waals surface area contributed by atoms with E-state index in [4.69, 9.17) is 10.00 Å². The first-order valence-corrected chi connectivity index (χ1v) is 6.30. The Kier molecular flexibility index (Phi) is 4.06. The zero-order valence-corrected chi connectivity index (χ0v) is 10.9. The first-order chi connectivity index (χ1) is 8.76. The molecule has 1 atom stereocenters. The van der Waals surface area contributed by atoms with Gasteiger partial charge in [-0.05, 0) is 38.6 Å². The molecule has 2 rings (SSSR count). The van der Waals surface area contributed by atoms with Crippen LogP contribution in [0.25, 0.3) is 0 Å². The third-order valence-corrected chi connectivity index (χ3v) is 3.41. The van der Waals surface area contributed by atoms with Crippen LogP contribution in [0, 0.1) is 11.3 Å². The molecule has 18 heavy (non-hydrogen) atoms. The Morgan fingerprint density at radius 1 is 1.56 bits per heavy atom. The van der Waals surface area contributed by atoms with Gasteiger partial charge < -0.3 is 15.0 Å². The third kappa shape index (κ3) is 2.57. The van der Waals surface area contributed by atoms with Crippen molar-refractivity contribution in [2.24, 2.45) is 0 Å². The summed E-state index contributed by atoms with van der Waals surface area (Å²) >= 11 is 0. The largest absolute Gasteiger partial charge is 0.489 e. The van der Waals surface area contributed by atoms with Crippen LogP contribution in [0.3, 0.4) is 0 Å². The van der Waals surface area contributed by atoms with Gasteiger partial charge in [-0.15, -0.1) is 0 Å². The van der Waals surface area contributed by atoms with E-state index >= 15 is 0 Å². The summed E-state index contributed by atoms with van der Waals surface area (Å²) in [5, 5.41) is 12.0. The normalized spacial score (nSPS) is 17.8. The highest BCUT2D eigenvalue weighted by Crippen LogP contribution is 2.34. The van der Waals surface area contributed by atoms with Gasteiger partial charge in [-0.2, -0.15) is 5.26 Å². The molecule has 4 nitrogen and oxygen atoms in total. The lowest BCUT2D eigenvalue weighted by molar-refractivity contribution is 0.258. The number of ether oxygens (including phenoxy) is 1. The van der Waals surface area contributed by atoms with Crippen LogP contribution >= 0.6 is 0 Å². The van der Waals surface area contributed by atoms with Crippen molar-refractivity contribution in [1.29, 1.82) is 5.26 Å². The molecule has 0 radical (unpaired) electrons. The molecule has 0 fully saturated rings. The lowest BCUT2D eigenvalue weighted by Crippen LogP contribution is -2.40. The Morgan fingerprint density at radius 3 is 3.11 bits per heavy atom. The van der Waals surface area contributed by atoms with Crippen molar-refractivity contribution in [2.75, 3.05) is 32.1 Å². The van der Waals surface area contributed by atoms with Crippen LogP contribution in [0.4, 0.5) is 5.69 Å². The molecule has 1 aromatic rings. The SMILES string of the molecule is CNCCCC1COc2cc(C#N)ccc2N1C. The molecule has 0 aromatic heterocycles. The Bertz CT molecular complexity index is 453. The Hall–Kier alpha value is -1.73. The number of nitriles is 1. The van der Waals surface area contributed by atoms with E-state index in [0.29, 0.717) is 18.2 Å². The van der Waals surface area contributed by atoms with Crippen LogP contribution in [-0.4, -0.2) is 33.3 Å². The summed E-state index contributed by atoms with van der Waals surface area (Å²) in [5.74, 6) is 0.821. The van der Waals surface area contributed by atoms with E-state index in [1.807, 2.05) is 25.2 Å². The van der Waals surface area contributed by atoms with Crippen molar-refractivity contribution in [1.82, 2.24) is 5.32 Å². The molecule has 0 saturated heterocycles. The number of anilines is 1. The fourth-order valence-corrected chi connectivity index (χ4v) is 2.28. The van der Waals surface area contributed by atoms with Gasteiger partial charge in [-0.25, -0.2) is 0 Å². The number of nitrogens with one attached hydrogen (secondary N) is 1. The highest BCUT2D eigenvalue weighted by Gasteiger charge is 2.24. The minimum atomic E-state index is 0.416. The molecule has 1 N–H and O–H groups in total. The zero-order valence-electron chi connectivity index (χ0n) is 10.9. The maximum atomic E-state index is 8.87. The molecule has 4 heteroatoms. The number of fused-ring (bicyclic) bond motifs is 1. The molecule has 1 aromatic carbocycles. The van der Waals surface area contributed by atoms with Gasteiger partial charge in [0.1, 0.15) is 12.4 Å². The van der Waals surface area contributed by atoms with E-state index in [0.717, 1.165) is 30.8 Å². The smallest absolute Gasteiger partial charge is 0.144 e. The molecule has 0 amide bonds. The summed E-state index contributed by atoms with van der Waals surface area (Å²) in [6.45, 7) is 1.73. The minimum Gasteiger partial charge on any atom is -0.489 e. The van der Waals surface area contributed by atoms with Gasteiger partial charge in [0.2, 0.25) is 0 Å². The molecule has 0 spiro atoms. The summed E-state index contributed by atoms with van der Waals surface area (Å²) in [4.78, 5) is 2.26. The standard InChI is InChI=1S/C14H19N3O/c1-16-7-3-4-12-10-18-14-8-11(9-15)5-6-13(14)17(12)2/h5-6,8,12,16H,3-4,7,10H2,1-2H3. The zero-order chi connectivity index (χ0) is 13.0. The van der Waals surface area contributed by atoms with Gasteiger partial charge in [0.25, 0.3) is 0 Å². The number of benzene rings is 1. The van der Waals surface area contributed by atoms with E-state index in [9.17, 15) is 0 Å². The summed E-state index contributed by atoms with van der Waals surface area (Å²) in [6, 6.07) is 8.18. The van der Waals surface area contributed by atoms with E-state index in [1.54, 1.807) is 0 Å². The topological polar surface area (TPSA) is 48.3 Å². The average molecular weight is 245 g/mol. The van der Waals surface area contributed by atoms with Gasteiger partial charge >= 0.3 is 0 Å². The second kappa shape index (κ2) is 5.74. The first-order valence-electron chi connectivity index (χ1n) is 6.30. The molecule has 0 aliphatic carbocycles. The van der Waals surface area contributed by atoms with Crippen molar-refractivity contribution < 1.29 is 4.74 Å². The Morgan fingerprint density at radius 2 is 2.39 bits per heavy atom. The van der Waals surface area contributed by atoms with Gasteiger partial charge in [-0.1, -0.05) is 0 Å². The number of nitrogens with zero attached hydrogens (tertiary/aromatic N) is 2. The van der Waals surface area contributed by atoms with Gasteiger partial charge in [0.15, 0.2) is 0 Å². The third-order valence-electron chi connectivity index (χ3n) is 3.41. The first kappa shape index (κ1) is 12.7. The van der Waals surface area contributed by atoms with Gasteiger partial charge in [-0.3, -0.25) is 0 Å². The molecule has 96 valence electrons. The summed E-state index contributed by atoms with van der Waals surface area (Å²) in [5.41, 5.74) is 1.73. The Balaban J connectivity index is 2.09. The molecule has 0 saturated carbocycles. The molecule has 1 aliphatic heterocycles. The van der Waals surface area contributed by atoms with E-state index < -0.39 is 0 Å². The summed E-state index contributed by atoms with van der Waals surface area (Å²) in [7, 11) is 4.07. The maximum absolute atomic E-state index is 8.87. The Labute approximate surface area is 108 Å². The highest BCUT2D eigenvalue weighted by molar-refractivity contribution is 5.62. The maximum Gasteiger partial charge on any atom is 0.144 e. The molecule has 1 aliphatic rings. The predicted molar refractivity (Wildman–Crippen MR) is 72.0 cm³/mol. The fraction of sp³-hybridized carbons (Fsp3) is 0.500. The van der Waals surface area contributed by atoms with E-state index in [2.05, 4.69) is 23.3 Å². The average Bonchev–Trinajstić information content (AvgIpc) is 2.41. The monoisotopic (exact) mass is 245 g/mol. The van der Waals surface area contributed by atoms with Gasteiger partial charge in [0, 0.05) is 13.1 Å². The van der Waals surface area contributed by atoms with Crippen molar-refractivity contribution in [3.63, 3.8) is 0 Å².